The lowest BCUT2D eigenvalue weighted by Crippen LogP contribution is -2.53. The van der Waals surface area contributed by atoms with Gasteiger partial charge in [-0.2, -0.15) is 0 Å². The second-order valence-electron chi connectivity index (χ2n) is 6.39. The molecule has 0 aromatic rings. The van der Waals surface area contributed by atoms with E-state index >= 15 is 0 Å². The number of likely N-dealkylation sites (tertiary alicyclic amines) is 1. The van der Waals surface area contributed by atoms with Crippen LogP contribution in [-0.4, -0.2) is 49.7 Å². The molecule has 1 heterocycles. The number of esters is 1. The summed E-state index contributed by atoms with van der Waals surface area (Å²) in [7, 11) is 3.29. The summed E-state index contributed by atoms with van der Waals surface area (Å²) in [5, 5.41) is 3.13. The summed E-state index contributed by atoms with van der Waals surface area (Å²) in [4.78, 5) is 14.4. The fourth-order valence-corrected chi connectivity index (χ4v) is 3.32. The summed E-state index contributed by atoms with van der Waals surface area (Å²) in [6.45, 7) is 8.74. The Balaban J connectivity index is 2.50. The lowest BCUT2D eigenvalue weighted by atomic mass is 9.89. The van der Waals surface area contributed by atoms with E-state index in [1.54, 1.807) is 0 Å². The van der Waals surface area contributed by atoms with Gasteiger partial charge in [-0.25, -0.2) is 0 Å². The maximum absolute atomic E-state index is 11.9. The number of methoxy groups -OCH3 is 1. The number of likely N-dealkylation sites (N-methyl/N-ethyl adjacent to an activating group) is 1. The third kappa shape index (κ3) is 4.45. The van der Waals surface area contributed by atoms with Crippen molar-refractivity contribution in [2.75, 3.05) is 27.2 Å². The fraction of sp³-hybridized carbons (Fsp3) is 0.938. The molecule has 1 saturated heterocycles. The van der Waals surface area contributed by atoms with Crippen LogP contribution in [0.15, 0.2) is 0 Å². The highest BCUT2D eigenvalue weighted by Crippen LogP contribution is 2.25. The van der Waals surface area contributed by atoms with Gasteiger partial charge in [0.2, 0.25) is 0 Å². The van der Waals surface area contributed by atoms with Crippen LogP contribution in [0.3, 0.4) is 0 Å². The number of nitrogens with one attached hydrogen (secondary N) is 1. The molecule has 1 fully saturated rings. The van der Waals surface area contributed by atoms with Crippen molar-refractivity contribution in [1.29, 1.82) is 0 Å². The van der Waals surface area contributed by atoms with Gasteiger partial charge in [0.05, 0.1) is 7.11 Å². The summed E-state index contributed by atoms with van der Waals surface area (Å²) in [6.07, 6.45) is 6.03. The Morgan fingerprint density at radius 3 is 2.50 bits per heavy atom. The van der Waals surface area contributed by atoms with Gasteiger partial charge in [0, 0.05) is 6.04 Å². The Morgan fingerprint density at radius 2 is 2.05 bits per heavy atom. The summed E-state index contributed by atoms with van der Waals surface area (Å²) in [5.41, 5.74) is -0.589. The predicted octanol–water partition coefficient (Wildman–Crippen LogP) is 2.43. The summed E-state index contributed by atoms with van der Waals surface area (Å²) < 4.78 is 4.92. The van der Waals surface area contributed by atoms with Gasteiger partial charge < -0.3 is 15.0 Å². The van der Waals surface area contributed by atoms with Crippen molar-refractivity contribution in [3.63, 3.8) is 0 Å². The van der Waals surface area contributed by atoms with Crippen LogP contribution >= 0.6 is 0 Å². The van der Waals surface area contributed by atoms with Crippen molar-refractivity contribution < 1.29 is 9.53 Å². The van der Waals surface area contributed by atoms with E-state index in [-0.39, 0.29) is 5.97 Å². The van der Waals surface area contributed by atoms with Gasteiger partial charge >= 0.3 is 5.97 Å². The number of piperidine rings is 1. The van der Waals surface area contributed by atoms with E-state index < -0.39 is 5.54 Å². The first-order chi connectivity index (χ1) is 9.46. The Bertz CT molecular complexity index is 301. The number of ether oxygens (including phenoxy) is 1. The maximum Gasteiger partial charge on any atom is 0.325 e. The minimum atomic E-state index is -0.589. The maximum atomic E-state index is 11.9. The van der Waals surface area contributed by atoms with Crippen LogP contribution in [0.5, 0.6) is 0 Å². The van der Waals surface area contributed by atoms with Crippen LogP contribution in [0.2, 0.25) is 0 Å². The molecule has 1 rings (SSSR count). The van der Waals surface area contributed by atoms with Crippen molar-refractivity contribution >= 4 is 5.97 Å². The number of carbonyl (C=O) groups excluding carboxylic acids is 1. The summed E-state index contributed by atoms with van der Waals surface area (Å²) >= 11 is 0. The Morgan fingerprint density at radius 1 is 1.45 bits per heavy atom. The van der Waals surface area contributed by atoms with E-state index in [1.165, 1.54) is 32.8 Å². The van der Waals surface area contributed by atoms with Crippen molar-refractivity contribution in [3.05, 3.63) is 0 Å². The first-order valence-corrected chi connectivity index (χ1v) is 7.98. The normalized spacial score (nSPS) is 22.2. The van der Waals surface area contributed by atoms with Crippen LogP contribution < -0.4 is 5.32 Å². The molecule has 1 aliphatic heterocycles. The van der Waals surface area contributed by atoms with Crippen LogP contribution in [0, 0.1) is 5.92 Å². The van der Waals surface area contributed by atoms with Crippen molar-refractivity contribution in [2.24, 2.45) is 5.92 Å². The Labute approximate surface area is 124 Å². The number of hydrogen-bond acceptors (Lipinski definition) is 4. The highest BCUT2D eigenvalue weighted by molar-refractivity contribution is 5.80. The fourth-order valence-electron chi connectivity index (χ4n) is 3.32. The topological polar surface area (TPSA) is 41.6 Å². The zero-order valence-electron chi connectivity index (χ0n) is 13.9. The highest BCUT2D eigenvalue weighted by atomic mass is 16.5. The minimum Gasteiger partial charge on any atom is -0.468 e. The molecule has 118 valence electrons. The molecule has 4 nitrogen and oxygen atoms in total. The number of hydrogen-bond donors (Lipinski definition) is 1. The zero-order chi connectivity index (χ0) is 15.2. The second-order valence-corrected chi connectivity index (χ2v) is 6.39. The van der Waals surface area contributed by atoms with E-state index in [0.29, 0.717) is 6.04 Å². The predicted molar refractivity (Wildman–Crippen MR) is 82.8 cm³/mol. The van der Waals surface area contributed by atoms with E-state index in [9.17, 15) is 4.79 Å². The molecule has 0 bridgehead atoms. The molecule has 2 atom stereocenters. The third-order valence-corrected chi connectivity index (χ3v) is 4.86. The van der Waals surface area contributed by atoms with Crippen molar-refractivity contribution in [2.45, 2.75) is 64.5 Å². The first-order valence-electron chi connectivity index (χ1n) is 7.98. The molecule has 0 amide bonds. The zero-order valence-corrected chi connectivity index (χ0v) is 13.9. The van der Waals surface area contributed by atoms with Gasteiger partial charge in [0.15, 0.2) is 0 Å². The minimum absolute atomic E-state index is 0.173. The van der Waals surface area contributed by atoms with E-state index in [1.807, 2.05) is 14.0 Å². The molecule has 0 aromatic heterocycles. The molecule has 0 radical (unpaired) electrons. The average Bonchev–Trinajstić information content (AvgIpc) is 2.47. The third-order valence-electron chi connectivity index (χ3n) is 4.86. The monoisotopic (exact) mass is 284 g/mol. The molecule has 0 spiro atoms. The summed E-state index contributed by atoms with van der Waals surface area (Å²) in [6, 6.07) is 0.397. The molecule has 1 N–H and O–H groups in total. The number of carbonyl (C=O) groups is 1. The molecule has 4 heteroatoms. The number of nitrogens with zero attached hydrogens (tertiary/aromatic N) is 1. The van der Waals surface area contributed by atoms with Gasteiger partial charge in [0.25, 0.3) is 0 Å². The van der Waals surface area contributed by atoms with Crippen LogP contribution in [0.1, 0.15) is 52.9 Å². The molecular weight excluding hydrogens is 252 g/mol. The van der Waals surface area contributed by atoms with Gasteiger partial charge in [0.1, 0.15) is 5.54 Å². The first kappa shape index (κ1) is 17.4. The van der Waals surface area contributed by atoms with E-state index in [2.05, 4.69) is 24.1 Å². The van der Waals surface area contributed by atoms with Gasteiger partial charge in [-0.15, -0.1) is 0 Å². The molecule has 0 saturated carbocycles. The molecule has 0 aromatic carbocycles. The van der Waals surface area contributed by atoms with E-state index in [4.69, 9.17) is 4.74 Å². The smallest absolute Gasteiger partial charge is 0.325 e. The Hall–Kier alpha value is -0.610. The van der Waals surface area contributed by atoms with Gasteiger partial charge in [-0.1, -0.05) is 19.8 Å². The molecule has 2 unspecified atom stereocenters. The van der Waals surface area contributed by atoms with Crippen molar-refractivity contribution in [1.82, 2.24) is 10.2 Å². The largest absolute Gasteiger partial charge is 0.468 e. The Kier molecular flexibility index (Phi) is 6.96. The SMILES string of the molecule is CCCC1CCN(C(C)CC(C)(NC)C(=O)OC)CC1. The van der Waals surface area contributed by atoms with Crippen molar-refractivity contribution in [3.8, 4) is 0 Å². The van der Waals surface area contributed by atoms with Crippen LogP contribution in [0.4, 0.5) is 0 Å². The highest BCUT2D eigenvalue weighted by Gasteiger charge is 2.36. The molecular formula is C16H32N2O2. The van der Waals surface area contributed by atoms with Crippen LogP contribution in [-0.2, 0) is 9.53 Å². The lowest BCUT2D eigenvalue weighted by Gasteiger charge is -2.39. The standard InChI is InChI=1S/C16H32N2O2/c1-6-7-14-8-10-18(11-9-14)13(2)12-16(3,17-4)15(19)20-5/h13-14,17H,6-12H2,1-5H3. The van der Waals surface area contributed by atoms with Gasteiger partial charge in [-0.05, 0) is 59.2 Å². The lowest BCUT2D eigenvalue weighted by molar-refractivity contribution is -0.148. The average molecular weight is 284 g/mol. The second kappa shape index (κ2) is 7.99. The number of rotatable bonds is 7. The van der Waals surface area contributed by atoms with Gasteiger partial charge in [-0.3, -0.25) is 4.79 Å². The summed E-state index contributed by atoms with van der Waals surface area (Å²) in [5.74, 6) is 0.729. The quantitative estimate of drug-likeness (QED) is 0.729. The van der Waals surface area contributed by atoms with E-state index in [0.717, 1.165) is 25.4 Å². The van der Waals surface area contributed by atoms with Crippen LogP contribution in [0.25, 0.3) is 0 Å². The molecule has 20 heavy (non-hydrogen) atoms. The molecule has 0 aliphatic carbocycles. The molecule has 1 aliphatic rings.